The quantitative estimate of drug-likeness (QED) is 0.848. The molecule has 0 unspecified atom stereocenters. The smallest absolute Gasteiger partial charge is 0.137 e. The number of hydrogen-bond acceptors (Lipinski definition) is 2. The molecule has 0 amide bonds. The second-order valence-electron chi connectivity index (χ2n) is 5.19. The van der Waals surface area contributed by atoms with E-state index in [0.717, 1.165) is 37.3 Å². The molecule has 0 saturated carbocycles. The molecule has 2 aromatic carbocycles. The van der Waals surface area contributed by atoms with Gasteiger partial charge in [0.15, 0.2) is 0 Å². The summed E-state index contributed by atoms with van der Waals surface area (Å²) >= 11 is 3.18. The summed E-state index contributed by atoms with van der Waals surface area (Å²) < 4.78 is 14.1. The number of hydrogen-bond donors (Lipinski definition) is 1. The maximum absolute atomic E-state index is 13.6. The maximum atomic E-state index is 13.6. The third-order valence-corrected chi connectivity index (χ3v) is 4.42. The Hall–Kier alpha value is -1.39. The molecular weight excluding hydrogens is 319 g/mol. The second-order valence-corrected chi connectivity index (χ2v) is 6.05. The molecule has 2 aromatic rings. The molecule has 0 aromatic heterocycles. The fourth-order valence-electron chi connectivity index (χ4n) is 2.69. The van der Waals surface area contributed by atoms with E-state index in [9.17, 15) is 4.39 Å². The normalized spacial score (nSPS) is 15.1. The maximum Gasteiger partial charge on any atom is 0.137 e. The van der Waals surface area contributed by atoms with Crippen LogP contribution in [0.5, 0.6) is 0 Å². The minimum Gasteiger partial charge on any atom is -0.398 e. The lowest BCUT2D eigenvalue weighted by molar-refractivity contribution is 0.246. The molecule has 0 bridgehead atoms. The molecule has 0 aliphatic carbocycles. The van der Waals surface area contributed by atoms with E-state index in [1.54, 1.807) is 12.1 Å². The van der Waals surface area contributed by atoms with Crippen LogP contribution in [0, 0.1) is 5.82 Å². The van der Waals surface area contributed by atoms with E-state index in [4.69, 9.17) is 5.73 Å². The van der Waals surface area contributed by atoms with Crippen molar-refractivity contribution in [1.29, 1.82) is 0 Å². The molecule has 0 radical (unpaired) electrons. The molecule has 2 nitrogen and oxygen atoms in total. The van der Waals surface area contributed by atoms with Gasteiger partial charge in [0.05, 0.1) is 4.47 Å². The number of fused-ring (bicyclic) bond motifs is 1. The van der Waals surface area contributed by atoms with Gasteiger partial charge in [-0.15, -0.1) is 0 Å². The van der Waals surface area contributed by atoms with E-state index >= 15 is 0 Å². The lowest BCUT2D eigenvalue weighted by Gasteiger charge is -2.29. The fraction of sp³-hybridized carbons (Fsp3) is 0.250. The van der Waals surface area contributed by atoms with Gasteiger partial charge in [-0.05, 0) is 57.2 Å². The Morgan fingerprint density at radius 1 is 1.25 bits per heavy atom. The molecule has 3 rings (SSSR count). The van der Waals surface area contributed by atoms with Gasteiger partial charge in [-0.25, -0.2) is 4.39 Å². The summed E-state index contributed by atoms with van der Waals surface area (Å²) in [6.45, 7) is 2.56. The average Bonchev–Trinajstić information content (AvgIpc) is 2.44. The minimum absolute atomic E-state index is 0.209. The molecule has 20 heavy (non-hydrogen) atoms. The Morgan fingerprint density at radius 3 is 2.90 bits per heavy atom. The number of benzene rings is 2. The first-order chi connectivity index (χ1) is 9.63. The summed E-state index contributed by atoms with van der Waals surface area (Å²) in [4.78, 5) is 2.31. The van der Waals surface area contributed by atoms with Crippen LogP contribution in [0.1, 0.15) is 16.7 Å². The first kappa shape index (κ1) is 13.6. The average molecular weight is 335 g/mol. The van der Waals surface area contributed by atoms with Gasteiger partial charge in [0.2, 0.25) is 0 Å². The zero-order valence-electron chi connectivity index (χ0n) is 11.1. The molecule has 0 spiro atoms. The van der Waals surface area contributed by atoms with Gasteiger partial charge in [0.25, 0.3) is 0 Å². The van der Waals surface area contributed by atoms with E-state index < -0.39 is 0 Å². The highest BCUT2D eigenvalue weighted by molar-refractivity contribution is 9.10. The highest BCUT2D eigenvalue weighted by Crippen LogP contribution is 2.26. The van der Waals surface area contributed by atoms with Gasteiger partial charge in [0, 0.05) is 25.3 Å². The van der Waals surface area contributed by atoms with Crippen molar-refractivity contribution in [2.75, 3.05) is 12.3 Å². The van der Waals surface area contributed by atoms with Gasteiger partial charge in [-0.1, -0.05) is 18.2 Å². The molecule has 1 aliphatic rings. The van der Waals surface area contributed by atoms with E-state index in [2.05, 4.69) is 26.9 Å². The summed E-state index contributed by atoms with van der Waals surface area (Å²) in [7, 11) is 0. The zero-order chi connectivity index (χ0) is 14.1. The van der Waals surface area contributed by atoms with Gasteiger partial charge >= 0.3 is 0 Å². The number of nitrogens with two attached hydrogens (primary N) is 1. The van der Waals surface area contributed by atoms with Crippen molar-refractivity contribution in [3.8, 4) is 0 Å². The Bertz CT molecular complexity index is 642. The molecule has 0 saturated heterocycles. The Morgan fingerprint density at radius 2 is 2.10 bits per heavy atom. The predicted octanol–water partition coefficient (Wildman–Crippen LogP) is 3.73. The summed E-state index contributed by atoms with van der Waals surface area (Å²) in [6.07, 6.45) is 0.999. The number of nitrogen functional groups attached to an aromatic ring is 1. The lowest BCUT2D eigenvalue weighted by Crippen LogP contribution is -2.30. The third-order valence-electron chi connectivity index (χ3n) is 3.78. The molecular formula is C16H16BrFN2. The van der Waals surface area contributed by atoms with Crippen molar-refractivity contribution in [3.63, 3.8) is 0 Å². The summed E-state index contributed by atoms with van der Waals surface area (Å²) in [5.41, 5.74) is 10.4. The van der Waals surface area contributed by atoms with Gasteiger partial charge in [-0.2, -0.15) is 0 Å². The van der Waals surface area contributed by atoms with Crippen LogP contribution in [0.15, 0.2) is 40.9 Å². The van der Waals surface area contributed by atoms with Gasteiger partial charge < -0.3 is 5.73 Å². The number of halogens is 2. The second kappa shape index (κ2) is 5.54. The van der Waals surface area contributed by atoms with Crippen molar-refractivity contribution in [2.45, 2.75) is 19.5 Å². The first-order valence-corrected chi connectivity index (χ1v) is 7.45. The molecule has 0 atom stereocenters. The monoisotopic (exact) mass is 334 g/mol. The number of anilines is 1. The lowest BCUT2D eigenvalue weighted by atomic mass is 9.98. The van der Waals surface area contributed by atoms with Crippen LogP contribution in [-0.2, 0) is 19.5 Å². The standard InChI is InChI=1S/C16H16BrFN2/c17-14-5-4-11(8-15(14)18)9-20-7-6-12-2-1-3-16(19)13(12)10-20/h1-5,8H,6-7,9-10,19H2. The molecule has 1 aliphatic heterocycles. The van der Waals surface area contributed by atoms with Gasteiger partial charge in [0.1, 0.15) is 5.82 Å². The van der Waals surface area contributed by atoms with E-state index in [1.165, 1.54) is 11.1 Å². The van der Waals surface area contributed by atoms with E-state index in [1.807, 2.05) is 18.2 Å². The van der Waals surface area contributed by atoms with Crippen molar-refractivity contribution < 1.29 is 4.39 Å². The SMILES string of the molecule is Nc1cccc2c1CN(Cc1ccc(Br)c(F)c1)CC2. The van der Waals surface area contributed by atoms with Crippen molar-refractivity contribution in [1.82, 2.24) is 4.90 Å². The topological polar surface area (TPSA) is 29.3 Å². The molecule has 2 N–H and O–H groups in total. The molecule has 104 valence electrons. The van der Waals surface area contributed by atoms with Crippen LogP contribution in [0.25, 0.3) is 0 Å². The molecule has 1 heterocycles. The molecule has 4 heteroatoms. The molecule has 0 fully saturated rings. The number of nitrogens with zero attached hydrogens (tertiary/aromatic N) is 1. The van der Waals surface area contributed by atoms with Gasteiger partial charge in [-0.3, -0.25) is 4.90 Å². The highest BCUT2D eigenvalue weighted by atomic mass is 79.9. The van der Waals surface area contributed by atoms with Crippen LogP contribution >= 0.6 is 15.9 Å². The Balaban J connectivity index is 1.77. The predicted molar refractivity (Wildman–Crippen MR) is 82.8 cm³/mol. The third kappa shape index (κ3) is 2.72. The van der Waals surface area contributed by atoms with Crippen LogP contribution in [-0.4, -0.2) is 11.4 Å². The van der Waals surface area contributed by atoms with Crippen LogP contribution in [0.4, 0.5) is 10.1 Å². The fourth-order valence-corrected chi connectivity index (χ4v) is 2.94. The number of rotatable bonds is 2. The van der Waals surface area contributed by atoms with Crippen molar-refractivity contribution >= 4 is 21.6 Å². The van der Waals surface area contributed by atoms with Crippen molar-refractivity contribution in [3.05, 3.63) is 63.4 Å². The zero-order valence-corrected chi connectivity index (χ0v) is 12.7. The van der Waals surface area contributed by atoms with E-state index in [0.29, 0.717) is 4.47 Å². The van der Waals surface area contributed by atoms with Crippen LogP contribution < -0.4 is 5.73 Å². The van der Waals surface area contributed by atoms with E-state index in [-0.39, 0.29) is 5.82 Å². The summed E-state index contributed by atoms with van der Waals surface area (Å²) in [5, 5.41) is 0. The highest BCUT2D eigenvalue weighted by Gasteiger charge is 2.18. The van der Waals surface area contributed by atoms with Crippen molar-refractivity contribution in [2.24, 2.45) is 0 Å². The van der Waals surface area contributed by atoms with Crippen LogP contribution in [0.2, 0.25) is 0 Å². The largest absolute Gasteiger partial charge is 0.398 e. The minimum atomic E-state index is -0.209. The summed E-state index contributed by atoms with van der Waals surface area (Å²) in [6, 6.07) is 11.4. The van der Waals surface area contributed by atoms with Crippen LogP contribution in [0.3, 0.4) is 0 Å². The summed E-state index contributed by atoms with van der Waals surface area (Å²) in [5.74, 6) is -0.209. The Kier molecular flexibility index (Phi) is 3.76. The Labute approximate surface area is 126 Å². The first-order valence-electron chi connectivity index (χ1n) is 6.66.